The average Bonchev–Trinajstić information content (AvgIpc) is 2.84. The maximum absolute atomic E-state index is 10.9. The van der Waals surface area contributed by atoms with E-state index in [1.54, 1.807) is 20.3 Å². The van der Waals surface area contributed by atoms with Gasteiger partial charge in [0, 0.05) is 11.7 Å². The Kier molecular flexibility index (Phi) is 5.05. The van der Waals surface area contributed by atoms with Gasteiger partial charge >= 0.3 is 5.97 Å². The summed E-state index contributed by atoms with van der Waals surface area (Å²) in [5.74, 6) is 0.337. The smallest absolute Gasteiger partial charge is 0.303 e. The van der Waals surface area contributed by atoms with Crippen molar-refractivity contribution in [2.45, 2.75) is 36.1 Å². The Bertz CT molecular complexity index is 461. The van der Waals surface area contributed by atoms with E-state index in [1.165, 1.54) is 11.8 Å². The monoisotopic (exact) mass is 298 g/mol. The van der Waals surface area contributed by atoms with Crippen LogP contribution in [0.25, 0.3) is 0 Å². The molecule has 0 radical (unpaired) electrons. The van der Waals surface area contributed by atoms with Crippen molar-refractivity contribution in [3.8, 4) is 11.8 Å². The molecule has 1 N–H and O–H groups in total. The van der Waals surface area contributed by atoms with E-state index in [0.717, 1.165) is 19.3 Å². The van der Waals surface area contributed by atoms with Gasteiger partial charge in [0.05, 0.1) is 20.3 Å². The van der Waals surface area contributed by atoms with Crippen molar-refractivity contribution in [1.29, 1.82) is 0 Å². The van der Waals surface area contributed by atoms with Crippen molar-refractivity contribution in [1.82, 2.24) is 9.97 Å². The van der Waals surface area contributed by atoms with E-state index < -0.39 is 5.97 Å². The van der Waals surface area contributed by atoms with E-state index in [-0.39, 0.29) is 17.6 Å². The summed E-state index contributed by atoms with van der Waals surface area (Å²) in [5, 5.41) is 9.75. The molecule has 1 saturated carbocycles. The predicted octanol–water partition coefficient (Wildman–Crippen LogP) is 2.23. The van der Waals surface area contributed by atoms with Crippen LogP contribution in [0.3, 0.4) is 0 Å². The molecule has 0 spiro atoms. The molecule has 2 atom stereocenters. The van der Waals surface area contributed by atoms with Gasteiger partial charge in [-0.3, -0.25) is 4.79 Å². The molecule has 1 aromatic rings. The summed E-state index contributed by atoms with van der Waals surface area (Å²) >= 11 is 1.51. The summed E-state index contributed by atoms with van der Waals surface area (Å²) in [7, 11) is 3.08. The quantitative estimate of drug-likeness (QED) is 0.806. The molecule has 0 bridgehead atoms. The minimum absolute atomic E-state index is 0.179. The second-order valence-electron chi connectivity index (χ2n) is 4.68. The van der Waals surface area contributed by atoms with Gasteiger partial charge in [0.2, 0.25) is 11.8 Å². The highest BCUT2D eigenvalue weighted by atomic mass is 32.2. The highest BCUT2D eigenvalue weighted by Crippen LogP contribution is 2.40. The molecule has 20 heavy (non-hydrogen) atoms. The van der Waals surface area contributed by atoms with Gasteiger partial charge in [-0.1, -0.05) is 18.2 Å². The van der Waals surface area contributed by atoms with Crippen LogP contribution in [0.1, 0.15) is 25.7 Å². The fraction of sp³-hybridized carbons (Fsp3) is 0.615. The molecule has 0 aromatic carbocycles. The van der Waals surface area contributed by atoms with Gasteiger partial charge in [0.15, 0.2) is 5.16 Å². The molecule has 2 unspecified atom stereocenters. The van der Waals surface area contributed by atoms with Crippen LogP contribution in [0.5, 0.6) is 11.8 Å². The third-order valence-corrected chi connectivity index (χ3v) is 4.68. The van der Waals surface area contributed by atoms with Gasteiger partial charge in [-0.2, -0.15) is 9.97 Å². The molecule has 1 aliphatic rings. The van der Waals surface area contributed by atoms with Crippen LogP contribution in [0.4, 0.5) is 0 Å². The lowest BCUT2D eigenvalue weighted by Crippen LogP contribution is -2.15. The molecule has 0 amide bonds. The summed E-state index contributed by atoms with van der Waals surface area (Å²) in [5.41, 5.74) is 0. The van der Waals surface area contributed by atoms with Gasteiger partial charge in [-0.15, -0.1) is 0 Å². The first-order valence-corrected chi connectivity index (χ1v) is 7.36. The summed E-state index contributed by atoms with van der Waals surface area (Å²) < 4.78 is 10.2. The number of methoxy groups -OCH3 is 2. The molecular formula is C13H18N2O4S. The average molecular weight is 298 g/mol. The molecular weight excluding hydrogens is 280 g/mol. The highest BCUT2D eigenvalue weighted by molar-refractivity contribution is 7.99. The van der Waals surface area contributed by atoms with Crippen LogP contribution in [0, 0.1) is 5.92 Å². The third-order valence-electron chi connectivity index (χ3n) is 3.36. The van der Waals surface area contributed by atoms with Crippen molar-refractivity contribution < 1.29 is 19.4 Å². The van der Waals surface area contributed by atoms with Crippen LogP contribution in [0.15, 0.2) is 11.2 Å². The molecule has 2 rings (SSSR count). The summed E-state index contributed by atoms with van der Waals surface area (Å²) in [6.45, 7) is 0. The van der Waals surface area contributed by atoms with Crippen molar-refractivity contribution in [2.24, 2.45) is 5.92 Å². The number of aliphatic carboxylic acids is 1. The van der Waals surface area contributed by atoms with E-state index in [0.29, 0.717) is 16.9 Å². The topological polar surface area (TPSA) is 81.5 Å². The number of nitrogens with zero attached hydrogens (tertiary/aromatic N) is 2. The lowest BCUT2D eigenvalue weighted by molar-refractivity contribution is -0.138. The number of carboxylic acids is 1. The zero-order valence-corrected chi connectivity index (χ0v) is 12.4. The number of hydrogen-bond donors (Lipinski definition) is 1. The van der Waals surface area contributed by atoms with Crippen LogP contribution >= 0.6 is 11.8 Å². The minimum Gasteiger partial charge on any atom is -0.481 e. The number of carboxylic acid groups (broad SMARTS) is 1. The Morgan fingerprint density at radius 1 is 1.35 bits per heavy atom. The van der Waals surface area contributed by atoms with E-state index in [2.05, 4.69) is 9.97 Å². The Morgan fingerprint density at radius 3 is 2.55 bits per heavy atom. The summed E-state index contributed by atoms with van der Waals surface area (Å²) in [6, 6.07) is 1.62. The second kappa shape index (κ2) is 6.78. The van der Waals surface area contributed by atoms with Crippen LogP contribution in [-0.2, 0) is 4.79 Å². The predicted molar refractivity (Wildman–Crippen MR) is 74.4 cm³/mol. The largest absolute Gasteiger partial charge is 0.481 e. The Labute approximate surface area is 121 Å². The first-order valence-electron chi connectivity index (χ1n) is 6.48. The molecule has 1 aliphatic carbocycles. The van der Waals surface area contributed by atoms with E-state index in [1.807, 2.05) is 0 Å². The van der Waals surface area contributed by atoms with Crippen molar-refractivity contribution in [3.63, 3.8) is 0 Å². The highest BCUT2D eigenvalue weighted by Gasteiger charge is 2.30. The lowest BCUT2D eigenvalue weighted by atomic mass is 10.0. The zero-order chi connectivity index (χ0) is 14.5. The SMILES string of the molecule is COc1cc(OC)nc(SC2CCCC2CC(=O)O)n1. The second-order valence-corrected chi connectivity index (χ2v) is 5.89. The van der Waals surface area contributed by atoms with Gasteiger partial charge < -0.3 is 14.6 Å². The minimum atomic E-state index is -0.744. The van der Waals surface area contributed by atoms with Gasteiger partial charge in [-0.25, -0.2) is 0 Å². The van der Waals surface area contributed by atoms with Crippen molar-refractivity contribution >= 4 is 17.7 Å². The number of rotatable bonds is 6. The fourth-order valence-corrected chi connectivity index (χ4v) is 3.66. The van der Waals surface area contributed by atoms with Crippen molar-refractivity contribution in [2.75, 3.05) is 14.2 Å². The molecule has 110 valence electrons. The summed E-state index contributed by atoms with van der Waals surface area (Å²) in [6.07, 6.45) is 3.20. The van der Waals surface area contributed by atoms with Crippen molar-refractivity contribution in [3.05, 3.63) is 6.07 Å². The maximum Gasteiger partial charge on any atom is 0.303 e. The Hall–Kier alpha value is -1.50. The lowest BCUT2D eigenvalue weighted by Gasteiger charge is -2.16. The molecule has 1 fully saturated rings. The molecule has 6 nitrogen and oxygen atoms in total. The standard InChI is InChI=1S/C13H18N2O4S/c1-18-10-7-11(19-2)15-13(14-10)20-9-5-3-4-8(9)6-12(16)17/h7-9H,3-6H2,1-2H3,(H,16,17). The number of ether oxygens (including phenoxy) is 2. The number of carbonyl (C=O) groups is 1. The fourth-order valence-electron chi connectivity index (χ4n) is 2.40. The first-order chi connectivity index (χ1) is 9.62. The van der Waals surface area contributed by atoms with Crippen LogP contribution in [0.2, 0.25) is 0 Å². The normalized spacial score (nSPS) is 21.7. The molecule has 0 saturated heterocycles. The number of thioether (sulfide) groups is 1. The Morgan fingerprint density at radius 2 is 2.00 bits per heavy atom. The summed E-state index contributed by atoms with van der Waals surface area (Å²) in [4.78, 5) is 19.4. The molecule has 1 heterocycles. The molecule has 0 aliphatic heterocycles. The van der Waals surface area contributed by atoms with E-state index in [4.69, 9.17) is 14.6 Å². The van der Waals surface area contributed by atoms with Gasteiger partial charge in [0.1, 0.15) is 0 Å². The number of aromatic nitrogens is 2. The third kappa shape index (κ3) is 3.75. The van der Waals surface area contributed by atoms with E-state index >= 15 is 0 Å². The molecule has 1 aromatic heterocycles. The van der Waals surface area contributed by atoms with Crippen LogP contribution in [-0.4, -0.2) is 40.5 Å². The van der Waals surface area contributed by atoms with Gasteiger partial charge in [-0.05, 0) is 18.8 Å². The van der Waals surface area contributed by atoms with Gasteiger partial charge in [0.25, 0.3) is 0 Å². The molecule has 7 heteroatoms. The maximum atomic E-state index is 10.9. The Balaban J connectivity index is 2.10. The number of hydrogen-bond acceptors (Lipinski definition) is 6. The zero-order valence-electron chi connectivity index (χ0n) is 11.5. The van der Waals surface area contributed by atoms with Crippen LogP contribution < -0.4 is 9.47 Å². The first kappa shape index (κ1) is 14.9. The van der Waals surface area contributed by atoms with E-state index in [9.17, 15) is 4.79 Å².